The number of ether oxygens (including phenoxy) is 1. The van der Waals surface area contributed by atoms with Gasteiger partial charge in [0.15, 0.2) is 0 Å². The van der Waals surface area contributed by atoms with E-state index < -0.39 is 12.0 Å². The third kappa shape index (κ3) is 4.19. The molecule has 6 heteroatoms. The number of benzene rings is 1. The van der Waals surface area contributed by atoms with Crippen molar-refractivity contribution in [3.63, 3.8) is 0 Å². The van der Waals surface area contributed by atoms with Crippen LogP contribution in [-0.2, 0) is 16.1 Å². The molecule has 2 saturated heterocycles. The number of carboxylic acid groups (broad SMARTS) is 1. The number of carboxylic acids is 1. The van der Waals surface area contributed by atoms with E-state index in [9.17, 15) is 14.7 Å². The fraction of sp³-hybridized carbons (Fsp3) is 0.579. The lowest BCUT2D eigenvalue weighted by Gasteiger charge is -2.35. The van der Waals surface area contributed by atoms with Gasteiger partial charge in [0.1, 0.15) is 6.04 Å². The van der Waals surface area contributed by atoms with Crippen LogP contribution >= 0.6 is 0 Å². The van der Waals surface area contributed by atoms with Crippen molar-refractivity contribution in [1.82, 2.24) is 9.80 Å². The van der Waals surface area contributed by atoms with Gasteiger partial charge < -0.3 is 14.7 Å². The third-order valence-corrected chi connectivity index (χ3v) is 4.87. The second kappa shape index (κ2) is 7.54. The molecule has 0 bridgehead atoms. The van der Waals surface area contributed by atoms with E-state index in [0.717, 1.165) is 31.6 Å². The van der Waals surface area contributed by atoms with Crippen LogP contribution in [0.4, 0.5) is 0 Å². The minimum absolute atomic E-state index is 0.185. The van der Waals surface area contributed by atoms with Gasteiger partial charge in [-0.1, -0.05) is 12.1 Å². The maximum Gasteiger partial charge on any atom is 0.326 e. The molecular weight excluding hydrogens is 320 g/mol. The zero-order valence-corrected chi connectivity index (χ0v) is 14.9. The molecule has 2 heterocycles. The zero-order chi connectivity index (χ0) is 18.0. The summed E-state index contributed by atoms with van der Waals surface area (Å²) >= 11 is 0. The Balaban J connectivity index is 1.71. The summed E-state index contributed by atoms with van der Waals surface area (Å²) in [5, 5.41) is 9.29. The number of nitrogens with zero attached hydrogens (tertiary/aromatic N) is 2. The van der Waals surface area contributed by atoms with Gasteiger partial charge in [-0.25, -0.2) is 4.79 Å². The summed E-state index contributed by atoms with van der Waals surface area (Å²) in [6.45, 7) is 7.16. The van der Waals surface area contributed by atoms with Crippen LogP contribution in [0.1, 0.15) is 42.6 Å². The van der Waals surface area contributed by atoms with Gasteiger partial charge in [-0.15, -0.1) is 0 Å². The maximum absolute atomic E-state index is 12.7. The van der Waals surface area contributed by atoms with Gasteiger partial charge >= 0.3 is 5.97 Å². The first kappa shape index (κ1) is 17.9. The van der Waals surface area contributed by atoms with Crippen LogP contribution in [-0.4, -0.2) is 64.7 Å². The summed E-state index contributed by atoms with van der Waals surface area (Å²) in [6.07, 6.45) is 1.68. The Morgan fingerprint density at radius 2 is 1.96 bits per heavy atom. The first-order valence-electron chi connectivity index (χ1n) is 8.94. The molecule has 0 spiro atoms. The van der Waals surface area contributed by atoms with Crippen molar-refractivity contribution in [3.8, 4) is 0 Å². The Labute approximate surface area is 148 Å². The predicted octanol–water partition coefficient (Wildman–Crippen LogP) is 1.98. The molecule has 3 rings (SSSR count). The number of amides is 1. The number of aliphatic carboxylic acids is 1. The first-order valence-corrected chi connectivity index (χ1v) is 8.94. The minimum atomic E-state index is -0.918. The molecule has 2 unspecified atom stereocenters. The molecule has 1 aromatic rings. The van der Waals surface area contributed by atoms with Crippen LogP contribution in [0, 0.1) is 0 Å². The van der Waals surface area contributed by atoms with Gasteiger partial charge in [-0.3, -0.25) is 9.69 Å². The smallest absolute Gasteiger partial charge is 0.326 e. The number of carbonyl (C=O) groups is 2. The van der Waals surface area contributed by atoms with Gasteiger partial charge in [0, 0.05) is 31.7 Å². The van der Waals surface area contributed by atoms with Gasteiger partial charge in [-0.05, 0) is 44.4 Å². The first-order chi connectivity index (χ1) is 11.9. The summed E-state index contributed by atoms with van der Waals surface area (Å²) in [4.78, 5) is 27.9. The molecule has 0 radical (unpaired) electrons. The lowest BCUT2D eigenvalue weighted by atomic mass is 10.1. The summed E-state index contributed by atoms with van der Waals surface area (Å²) in [5.41, 5.74) is 1.64. The largest absolute Gasteiger partial charge is 0.480 e. The van der Waals surface area contributed by atoms with Crippen molar-refractivity contribution in [1.29, 1.82) is 0 Å². The minimum Gasteiger partial charge on any atom is -0.480 e. The number of morpholine rings is 1. The van der Waals surface area contributed by atoms with Crippen molar-refractivity contribution in [2.45, 2.75) is 51.5 Å². The number of carbonyl (C=O) groups excluding carboxylic acids is 1. The van der Waals surface area contributed by atoms with Gasteiger partial charge in [0.05, 0.1) is 12.2 Å². The summed E-state index contributed by atoms with van der Waals surface area (Å²) in [5.74, 6) is -1.10. The molecule has 0 saturated carbocycles. The topological polar surface area (TPSA) is 70.1 Å². The monoisotopic (exact) mass is 346 g/mol. The summed E-state index contributed by atoms with van der Waals surface area (Å²) in [6, 6.07) is 6.86. The van der Waals surface area contributed by atoms with Crippen LogP contribution in [0.2, 0.25) is 0 Å². The van der Waals surface area contributed by atoms with E-state index in [2.05, 4.69) is 18.7 Å². The van der Waals surface area contributed by atoms with Crippen molar-refractivity contribution >= 4 is 11.9 Å². The van der Waals surface area contributed by atoms with Crippen LogP contribution in [0.25, 0.3) is 0 Å². The Bertz CT molecular complexity index is 638. The third-order valence-electron chi connectivity index (χ3n) is 4.87. The molecule has 1 N–H and O–H groups in total. The number of hydrogen-bond acceptors (Lipinski definition) is 4. The molecule has 1 amide bonds. The van der Waals surface area contributed by atoms with E-state index in [0.29, 0.717) is 18.5 Å². The molecule has 136 valence electrons. The Kier molecular flexibility index (Phi) is 5.39. The van der Waals surface area contributed by atoms with Crippen molar-refractivity contribution in [3.05, 3.63) is 35.4 Å². The number of likely N-dealkylation sites (tertiary alicyclic amines) is 1. The van der Waals surface area contributed by atoms with E-state index in [1.165, 1.54) is 4.90 Å². The second-order valence-electron chi connectivity index (χ2n) is 7.15. The Morgan fingerprint density at radius 3 is 2.64 bits per heavy atom. The van der Waals surface area contributed by atoms with Gasteiger partial charge in [-0.2, -0.15) is 0 Å². The molecule has 2 aliphatic rings. The van der Waals surface area contributed by atoms with Crippen molar-refractivity contribution < 1.29 is 19.4 Å². The molecule has 25 heavy (non-hydrogen) atoms. The molecule has 3 atom stereocenters. The average molecular weight is 346 g/mol. The van der Waals surface area contributed by atoms with Crippen LogP contribution < -0.4 is 0 Å². The highest BCUT2D eigenvalue weighted by molar-refractivity contribution is 5.97. The average Bonchev–Trinajstić information content (AvgIpc) is 3.03. The molecule has 2 fully saturated rings. The lowest BCUT2D eigenvalue weighted by Crippen LogP contribution is -2.44. The highest BCUT2D eigenvalue weighted by Gasteiger charge is 2.34. The van der Waals surface area contributed by atoms with E-state index in [1.807, 2.05) is 18.2 Å². The van der Waals surface area contributed by atoms with Gasteiger partial charge in [0.2, 0.25) is 0 Å². The fourth-order valence-corrected chi connectivity index (χ4v) is 3.91. The quantitative estimate of drug-likeness (QED) is 0.903. The summed E-state index contributed by atoms with van der Waals surface area (Å²) < 4.78 is 5.76. The fourth-order valence-electron chi connectivity index (χ4n) is 3.91. The normalized spacial score (nSPS) is 27.4. The van der Waals surface area contributed by atoms with Crippen LogP contribution in [0.15, 0.2) is 24.3 Å². The zero-order valence-electron chi connectivity index (χ0n) is 14.9. The molecular formula is C19H26N2O4. The van der Waals surface area contributed by atoms with E-state index >= 15 is 0 Å². The van der Waals surface area contributed by atoms with Crippen LogP contribution in [0.5, 0.6) is 0 Å². The highest BCUT2D eigenvalue weighted by atomic mass is 16.5. The molecule has 6 nitrogen and oxygen atoms in total. The summed E-state index contributed by atoms with van der Waals surface area (Å²) in [7, 11) is 0. The Hall–Kier alpha value is -1.92. The van der Waals surface area contributed by atoms with Crippen molar-refractivity contribution in [2.24, 2.45) is 0 Å². The molecule has 0 aliphatic carbocycles. The Morgan fingerprint density at radius 1 is 1.24 bits per heavy atom. The SMILES string of the molecule is CC1CN(Cc2cccc(C(=O)N3CCC[C@@H]3C(=O)O)c2)CC(C)O1. The standard InChI is InChI=1S/C19H26N2O4/c1-13-10-20(11-14(2)25-13)12-15-5-3-6-16(9-15)18(22)21-8-4-7-17(21)19(23)24/h3,5-6,9,13-14,17H,4,7-8,10-12H2,1-2H3,(H,23,24)/t13?,14?,17-/m1/s1. The highest BCUT2D eigenvalue weighted by Crippen LogP contribution is 2.21. The van der Waals surface area contributed by atoms with Crippen LogP contribution in [0.3, 0.4) is 0 Å². The lowest BCUT2D eigenvalue weighted by molar-refractivity contribution is -0.141. The van der Waals surface area contributed by atoms with Crippen molar-refractivity contribution in [2.75, 3.05) is 19.6 Å². The van der Waals surface area contributed by atoms with E-state index in [4.69, 9.17) is 4.74 Å². The molecule has 0 aromatic heterocycles. The number of rotatable bonds is 4. The predicted molar refractivity (Wildman–Crippen MR) is 93.4 cm³/mol. The second-order valence-corrected chi connectivity index (χ2v) is 7.15. The molecule has 1 aromatic carbocycles. The number of hydrogen-bond donors (Lipinski definition) is 1. The molecule has 2 aliphatic heterocycles. The maximum atomic E-state index is 12.7. The van der Waals surface area contributed by atoms with E-state index in [1.54, 1.807) is 6.07 Å². The van der Waals surface area contributed by atoms with E-state index in [-0.39, 0.29) is 18.1 Å². The van der Waals surface area contributed by atoms with Gasteiger partial charge in [0.25, 0.3) is 5.91 Å².